The minimum absolute atomic E-state index is 0.00952. The van der Waals surface area contributed by atoms with Gasteiger partial charge in [-0.15, -0.1) is 0 Å². The Morgan fingerprint density at radius 2 is 1.77 bits per heavy atom. The summed E-state index contributed by atoms with van der Waals surface area (Å²) >= 11 is 5.94. The standard InChI is InChI=1S/C18H22ClN3O4/c19-15-10-13(5-6-14(15)17(24)25)20-16(23)12-4-3-9-22(11-12)18(26)21-7-1-2-8-21/h5-6,10,12H,1-4,7-9,11H2,(H,20,23)(H,24,25). The maximum Gasteiger partial charge on any atom is 0.337 e. The number of carbonyl (C=O) groups is 3. The Labute approximate surface area is 156 Å². The second kappa shape index (κ2) is 7.95. The van der Waals surface area contributed by atoms with Gasteiger partial charge in [0, 0.05) is 31.9 Å². The smallest absolute Gasteiger partial charge is 0.337 e. The predicted octanol–water partition coefficient (Wildman–Crippen LogP) is 2.90. The Kier molecular flexibility index (Phi) is 5.66. The van der Waals surface area contributed by atoms with E-state index in [1.807, 2.05) is 4.90 Å². The van der Waals surface area contributed by atoms with Crippen LogP contribution in [0.2, 0.25) is 5.02 Å². The average Bonchev–Trinajstić information content (AvgIpc) is 3.15. The number of likely N-dealkylation sites (tertiary alicyclic amines) is 2. The van der Waals surface area contributed by atoms with Crippen LogP contribution in [0.25, 0.3) is 0 Å². The van der Waals surface area contributed by atoms with Gasteiger partial charge in [-0.2, -0.15) is 0 Å². The molecular weight excluding hydrogens is 358 g/mol. The first-order valence-electron chi connectivity index (χ1n) is 8.83. The maximum atomic E-state index is 12.6. The molecule has 0 aromatic heterocycles. The lowest BCUT2D eigenvalue weighted by Gasteiger charge is -2.34. The molecule has 2 heterocycles. The lowest BCUT2D eigenvalue weighted by Crippen LogP contribution is -2.48. The summed E-state index contributed by atoms with van der Waals surface area (Å²) in [5, 5.41) is 11.9. The van der Waals surface area contributed by atoms with Crippen LogP contribution >= 0.6 is 11.6 Å². The summed E-state index contributed by atoms with van der Waals surface area (Å²) in [6, 6.07) is 4.33. The molecule has 1 aromatic carbocycles. The molecule has 3 rings (SSSR count). The summed E-state index contributed by atoms with van der Waals surface area (Å²) in [6.45, 7) is 2.67. The third-order valence-corrected chi connectivity index (χ3v) is 5.22. The molecule has 2 N–H and O–H groups in total. The Morgan fingerprint density at radius 3 is 2.42 bits per heavy atom. The molecule has 2 fully saturated rings. The van der Waals surface area contributed by atoms with Crippen molar-refractivity contribution in [2.24, 2.45) is 5.92 Å². The van der Waals surface area contributed by atoms with Crippen LogP contribution in [-0.2, 0) is 4.79 Å². The zero-order chi connectivity index (χ0) is 18.7. The van der Waals surface area contributed by atoms with Crippen LogP contribution in [0, 0.1) is 5.92 Å². The first kappa shape index (κ1) is 18.5. The lowest BCUT2D eigenvalue weighted by atomic mass is 9.97. The molecule has 8 heteroatoms. The van der Waals surface area contributed by atoms with Crippen LogP contribution in [0.4, 0.5) is 10.5 Å². The normalized spacial score (nSPS) is 20.1. The minimum atomic E-state index is -1.11. The van der Waals surface area contributed by atoms with Gasteiger partial charge in [0.15, 0.2) is 0 Å². The molecule has 1 atom stereocenters. The number of hydrogen-bond donors (Lipinski definition) is 2. The number of amides is 3. The van der Waals surface area contributed by atoms with Crippen molar-refractivity contribution in [3.8, 4) is 0 Å². The lowest BCUT2D eigenvalue weighted by molar-refractivity contribution is -0.121. The summed E-state index contributed by atoms with van der Waals surface area (Å²) in [5.74, 6) is -1.58. The van der Waals surface area contributed by atoms with Gasteiger partial charge in [-0.05, 0) is 43.9 Å². The highest BCUT2D eigenvalue weighted by atomic mass is 35.5. The van der Waals surface area contributed by atoms with Gasteiger partial charge in [-0.25, -0.2) is 9.59 Å². The molecule has 1 aromatic rings. The third kappa shape index (κ3) is 4.09. The molecule has 26 heavy (non-hydrogen) atoms. The van der Waals surface area contributed by atoms with Crippen molar-refractivity contribution < 1.29 is 19.5 Å². The van der Waals surface area contributed by atoms with E-state index in [0.717, 1.165) is 38.8 Å². The molecule has 0 radical (unpaired) electrons. The van der Waals surface area contributed by atoms with Gasteiger partial charge < -0.3 is 20.2 Å². The number of nitrogens with zero attached hydrogens (tertiary/aromatic N) is 2. The number of benzene rings is 1. The van der Waals surface area contributed by atoms with E-state index in [9.17, 15) is 14.4 Å². The van der Waals surface area contributed by atoms with Gasteiger partial charge in [0.25, 0.3) is 0 Å². The van der Waals surface area contributed by atoms with Crippen LogP contribution < -0.4 is 5.32 Å². The van der Waals surface area contributed by atoms with Crippen molar-refractivity contribution in [2.75, 3.05) is 31.5 Å². The van der Waals surface area contributed by atoms with Gasteiger partial charge >= 0.3 is 12.0 Å². The first-order valence-corrected chi connectivity index (χ1v) is 9.21. The van der Waals surface area contributed by atoms with Crippen LogP contribution in [0.3, 0.4) is 0 Å². The van der Waals surface area contributed by atoms with E-state index < -0.39 is 5.97 Å². The zero-order valence-electron chi connectivity index (χ0n) is 14.4. The summed E-state index contributed by atoms with van der Waals surface area (Å²) < 4.78 is 0. The Hall–Kier alpha value is -2.28. The fourth-order valence-corrected chi connectivity index (χ4v) is 3.75. The summed E-state index contributed by atoms with van der Waals surface area (Å²) in [6.07, 6.45) is 3.58. The number of rotatable bonds is 3. The molecule has 0 saturated carbocycles. The second-order valence-corrected chi connectivity index (χ2v) is 7.16. The molecule has 2 aliphatic heterocycles. The van der Waals surface area contributed by atoms with Gasteiger partial charge in [-0.3, -0.25) is 4.79 Å². The van der Waals surface area contributed by atoms with E-state index in [-0.39, 0.29) is 28.4 Å². The number of hydrogen-bond acceptors (Lipinski definition) is 3. The van der Waals surface area contributed by atoms with E-state index in [1.54, 1.807) is 4.90 Å². The largest absolute Gasteiger partial charge is 0.478 e. The highest BCUT2D eigenvalue weighted by Crippen LogP contribution is 2.24. The van der Waals surface area contributed by atoms with Crippen molar-refractivity contribution in [3.63, 3.8) is 0 Å². The molecular formula is C18H22ClN3O4. The SMILES string of the molecule is O=C(O)c1ccc(NC(=O)C2CCCN(C(=O)N3CCCC3)C2)cc1Cl. The number of urea groups is 1. The third-order valence-electron chi connectivity index (χ3n) is 4.91. The predicted molar refractivity (Wildman–Crippen MR) is 97.5 cm³/mol. The van der Waals surface area contributed by atoms with Crippen LogP contribution in [0.15, 0.2) is 18.2 Å². The van der Waals surface area contributed by atoms with E-state index in [0.29, 0.717) is 18.8 Å². The Balaban J connectivity index is 1.61. The van der Waals surface area contributed by atoms with Gasteiger partial charge in [0.05, 0.1) is 16.5 Å². The molecule has 0 spiro atoms. The summed E-state index contributed by atoms with van der Waals surface area (Å²) in [5.41, 5.74) is 0.442. The molecule has 0 bridgehead atoms. The fraction of sp³-hybridized carbons (Fsp3) is 0.500. The summed E-state index contributed by atoms with van der Waals surface area (Å²) in [4.78, 5) is 39.7. The maximum absolute atomic E-state index is 12.6. The van der Waals surface area contributed by atoms with Crippen molar-refractivity contribution >= 4 is 35.2 Å². The van der Waals surface area contributed by atoms with Crippen LogP contribution in [0.5, 0.6) is 0 Å². The number of piperidine rings is 1. The molecule has 7 nitrogen and oxygen atoms in total. The number of halogens is 1. The molecule has 1 unspecified atom stereocenters. The number of nitrogens with one attached hydrogen (secondary N) is 1. The quantitative estimate of drug-likeness (QED) is 0.844. The van der Waals surface area contributed by atoms with Crippen molar-refractivity contribution in [1.82, 2.24) is 9.80 Å². The number of carbonyl (C=O) groups excluding carboxylic acids is 2. The van der Waals surface area contributed by atoms with Gasteiger partial charge in [0.1, 0.15) is 0 Å². The zero-order valence-corrected chi connectivity index (χ0v) is 15.2. The first-order chi connectivity index (χ1) is 12.5. The van der Waals surface area contributed by atoms with E-state index in [2.05, 4.69) is 5.32 Å². The van der Waals surface area contributed by atoms with E-state index in [1.165, 1.54) is 18.2 Å². The second-order valence-electron chi connectivity index (χ2n) is 6.75. The fourth-order valence-electron chi connectivity index (χ4n) is 3.48. The highest BCUT2D eigenvalue weighted by molar-refractivity contribution is 6.33. The van der Waals surface area contributed by atoms with E-state index >= 15 is 0 Å². The molecule has 140 valence electrons. The van der Waals surface area contributed by atoms with E-state index in [4.69, 9.17) is 16.7 Å². The number of aromatic carboxylic acids is 1. The molecule has 2 saturated heterocycles. The van der Waals surface area contributed by atoms with Crippen LogP contribution in [-0.4, -0.2) is 59.0 Å². The van der Waals surface area contributed by atoms with Gasteiger partial charge in [-0.1, -0.05) is 11.6 Å². The Morgan fingerprint density at radius 1 is 1.08 bits per heavy atom. The summed E-state index contributed by atoms with van der Waals surface area (Å²) in [7, 11) is 0. The number of carboxylic acids is 1. The van der Waals surface area contributed by atoms with Crippen molar-refractivity contribution in [1.29, 1.82) is 0 Å². The van der Waals surface area contributed by atoms with Crippen molar-refractivity contribution in [2.45, 2.75) is 25.7 Å². The van der Waals surface area contributed by atoms with Crippen LogP contribution in [0.1, 0.15) is 36.0 Å². The molecule has 0 aliphatic carbocycles. The minimum Gasteiger partial charge on any atom is -0.478 e. The average molecular weight is 380 g/mol. The monoisotopic (exact) mass is 379 g/mol. The molecule has 3 amide bonds. The highest BCUT2D eigenvalue weighted by Gasteiger charge is 2.31. The number of anilines is 1. The topological polar surface area (TPSA) is 90.0 Å². The molecule has 2 aliphatic rings. The van der Waals surface area contributed by atoms with Gasteiger partial charge in [0.2, 0.25) is 5.91 Å². The number of carboxylic acid groups (broad SMARTS) is 1. The Bertz CT molecular complexity index is 718. The van der Waals surface area contributed by atoms with Crippen molar-refractivity contribution in [3.05, 3.63) is 28.8 Å².